The first-order valence-corrected chi connectivity index (χ1v) is 9.69. The Morgan fingerprint density at radius 2 is 2.00 bits per heavy atom. The van der Waals surface area contributed by atoms with Gasteiger partial charge in [-0.05, 0) is 44.6 Å². The summed E-state index contributed by atoms with van der Waals surface area (Å²) in [6.45, 7) is 4.82. The first kappa shape index (κ1) is 15.4. The van der Waals surface area contributed by atoms with Gasteiger partial charge in [0.1, 0.15) is 4.90 Å². The number of halogens is 1. The van der Waals surface area contributed by atoms with Gasteiger partial charge in [-0.3, -0.25) is 0 Å². The largest absolute Gasteiger partial charge is 0.346 e. The van der Waals surface area contributed by atoms with Crippen LogP contribution in [0.3, 0.4) is 0 Å². The van der Waals surface area contributed by atoms with Gasteiger partial charge in [0.15, 0.2) is 0 Å². The molecule has 1 saturated heterocycles. The molecule has 3 rings (SSSR count). The van der Waals surface area contributed by atoms with Crippen molar-refractivity contribution in [1.29, 1.82) is 0 Å². The molecule has 4 nitrogen and oxygen atoms in total. The molecule has 1 saturated carbocycles. The van der Waals surface area contributed by atoms with Crippen molar-refractivity contribution in [2.75, 3.05) is 6.54 Å². The van der Waals surface area contributed by atoms with Crippen molar-refractivity contribution >= 4 is 21.6 Å². The molecule has 1 aliphatic carbocycles. The Hall–Kier alpha value is -0.520. The molecule has 1 aromatic rings. The van der Waals surface area contributed by atoms with Gasteiger partial charge >= 0.3 is 0 Å². The van der Waals surface area contributed by atoms with Crippen LogP contribution in [0.25, 0.3) is 0 Å². The van der Waals surface area contributed by atoms with Gasteiger partial charge in [0.2, 0.25) is 10.0 Å². The highest BCUT2D eigenvalue weighted by Crippen LogP contribution is 2.38. The SMILES string of the molecule is CC1CCN(S(=O)(=O)c2cc(CCl)n(C3CC3)c2)C(C)C1. The van der Waals surface area contributed by atoms with E-state index in [4.69, 9.17) is 11.6 Å². The van der Waals surface area contributed by atoms with Crippen LogP contribution < -0.4 is 0 Å². The Morgan fingerprint density at radius 1 is 1.29 bits per heavy atom. The van der Waals surface area contributed by atoms with E-state index in [-0.39, 0.29) is 6.04 Å². The zero-order valence-electron chi connectivity index (χ0n) is 12.6. The summed E-state index contributed by atoms with van der Waals surface area (Å²) < 4.78 is 29.5. The van der Waals surface area contributed by atoms with Crippen molar-refractivity contribution in [2.24, 2.45) is 5.92 Å². The molecule has 0 spiro atoms. The molecule has 21 heavy (non-hydrogen) atoms. The fourth-order valence-electron chi connectivity index (χ4n) is 3.32. The molecular weight excluding hydrogens is 308 g/mol. The highest BCUT2D eigenvalue weighted by Gasteiger charge is 2.35. The molecule has 2 heterocycles. The number of rotatable bonds is 4. The molecule has 0 N–H and O–H groups in total. The zero-order chi connectivity index (χ0) is 15.2. The van der Waals surface area contributed by atoms with Crippen LogP contribution in [0.2, 0.25) is 0 Å². The molecule has 2 aliphatic rings. The monoisotopic (exact) mass is 330 g/mol. The summed E-state index contributed by atoms with van der Waals surface area (Å²) in [5, 5.41) is 0. The maximum Gasteiger partial charge on any atom is 0.244 e. The molecular formula is C15H23ClN2O2S. The molecule has 6 heteroatoms. The van der Waals surface area contributed by atoms with Crippen molar-refractivity contribution in [3.63, 3.8) is 0 Å². The van der Waals surface area contributed by atoms with Gasteiger partial charge in [0.25, 0.3) is 0 Å². The second-order valence-electron chi connectivity index (χ2n) is 6.53. The lowest BCUT2D eigenvalue weighted by Gasteiger charge is -2.35. The van der Waals surface area contributed by atoms with Crippen LogP contribution in [-0.4, -0.2) is 29.9 Å². The minimum absolute atomic E-state index is 0.0717. The van der Waals surface area contributed by atoms with E-state index in [1.165, 1.54) is 0 Å². The second kappa shape index (κ2) is 5.60. The molecule has 0 radical (unpaired) electrons. The highest BCUT2D eigenvalue weighted by molar-refractivity contribution is 7.89. The van der Waals surface area contributed by atoms with E-state index < -0.39 is 10.0 Å². The fourth-order valence-corrected chi connectivity index (χ4v) is 5.24. The van der Waals surface area contributed by atoms with Gasteiger partial charge in [-0.2, -0.15) is 4.31 Å². The van der Waals surface area contributed by atoms with Crippen LogP contribution in [0, 0.1) is 5.92 Å². The maximum atomic E-state index is 12.9. The lowest BCUT2D eigenvalue weighted by atomic mass is 9.95. The van der Waals surface area contributed by atoms with E-state index in [2.05, 4.69) is 11.5 Å². The maximum absolute atomic E-state index is 12.9. The molecule has 1 aromatic heterocycles. The molecule has 1 aliphatic heterocycles. The first-order valence-electron chi connectivity index (χ1n) is 7.72. The number of nitrogens with zero attached hydrogens (tertiary/aromatic N) is 2. The first-order chi connectivity index (χ1) is 9.93. The number of hydrogen-bond donors (Lipinski definition) is 0. The predicted molar refractivity (Wildman–Crippen MR) is 84.0 cm³/mol. The molecule has 118 valence electrons. The Bertz CT molecular complexity index is 622. The van der Waals surface area contributed by atoms with E-state index in [1.54, 1.807) is 16.6 Å². The number of alkyl halides is 1. The Labute approximate surface area is 132 Å². The van der Waals surface area contributed by atoms with E-state index in [0.717, 1.165) is 31.4 Å². The van der Waals surface area contributed by atoms with E-state index >= 15 is 0 Å². The summed E-state index contributed by atoms with van der Waals surface area (Å²) >= 11 is 5.97. The number of piperidine rings is 1. The standard InChI is InChI=1S/C15H23ClN2O2S/c1-11-5-6-18(12(2)7-11)21(19,20)15-8-14(9-16)17(10-15)13-3-4-13/h8,10-13H,3-7,9H2,1-2H3. The van der Waals surface area contributed by atoms with Gasteiger partial charge in [-0.15, -0.1) is 11.6 Å². The van der Waals surface area contributed by atoms with Crippen LogP contribution in [0.5, 0.6) is 0 Å². The number of aromatic nitrogens is 1. The van der Waals surface area contributed by atoms with Crippen LogP contribution in [0.15, 0.2) is 17.2 Å². The summed E-state index contributed by atoms with van der Waals surface area (Å²) in [6.07, 6.45) is 5.90. The normalized spacial score (nSPS) is 28.0. The van der Waals surface area contributed by atoms with Crippen molar-refractivity contribution in [3.8, 4) is 0 Å². The van der Waals surface area contributed by atoms with Crippen LogP contribution >= 0.6 is 11.6 Å². The Kier molecular flexibility index (Phi) is 4.10. The molecule has 0 amide bonds. The molecule has 2 atom stereocenters. The third kappa shape index (κ3) is 2.88. The molecule has 0 aromatic carbocycles. The summed E-state index contributed by atoms with van der Waals surface area (Å²) in [7, 11) is -3.40. The molecule has 0 bridgehead atoms. The average Bonchev–Trinajstić information content (AvgIpc) is 3.16. The minimum atomic E-state index is -3.40. The number of sulfonamides is 1. The van der Waals surface area contributed by atoms with Crippen LogP contribution in [-0.2, 0) is 15.9 Å². The average molecular weight is 331 g/mol. The summed E-state index contributed by atoms with van der Waals surface area (Å²) in [5.41, 5.74) is 0.913. The third-order valence-electron chi connectivity index (χ3n) is 4.67. The molecule has 2 fully saturated rings. The van der Waals surface area contributed by atoms with Crippen molar-refractivity contribution in [3.05, 3.63) is 18.0 Å². The third-order valence-corrected chi connectivity index (χ3v) is 6.92. The van der Waals surface area contributed by atoms with Crippen LogP contribution in [0.4, 0.5) is 0 Å². The van der Waals surface area contributed by atoms with Crippen molar-refractivity contribution in [2.45, 2.75) is 62.4 Å². The van der Waals surface area contributed by atoms with Crippen molar-refractivity contribution < 1.29 is 8.42 Å². The van der Waals surface area contributed by atoms with E-state index in [1.807, 2.05) is 6.92 Å². The lowest BCUT2D eigenvalue weighted by Crippen LogP contribution is -2.43. The smallest absolute Gasteiger partial charge is 0.244 e. The number of hydrogen-bond acceptors (Lipinski definition) is 2. The highest BCUT2D eigenvalue weighted by atomic mass is 35.5. The zero-order valence-corrected chi connectivity index (χ0v) is 14.2. The van der Waals surface area contributed by atoms with Crippen molar-refractivity contribution in [1.82, 2.24) is 8.87 Å². The van der Waals surface area contributed by atoms with E-state index in [0.29, 0.717) is 29.3 Å². The van der Waals surface area contributed by atoms with Crippen LogP contribution in [0.1, 0.15) is 51.3 Å². The minimum Gasteiger partial charge on any atom is -0.346 e. The fraction of sp³-hybridized carbons (Fsp3) is 0.733. The van der Waals surface area contributed by atoms with Gasteiger partial charge in [0, 0.05) is 30.5 Å². The Balaban J connectivity index is 1.91. The predicted octanol–water partition coefficient (Wildman–Crippen LogP) is 3.37. The summed E-state index contributed by atoms with van der Waals surface area (Å²) in [6, 6.07) is 2.27. The van der Waals surface area contributed by atoms with E-state index in [9.17, 15) is 8.42 Å². The summed E-state index contributed by atoms with van der Waals surface area (Å²) in [4.78, 5) is 0.409. The van der Waals surface area contributed by atoms with Gasteiger partial charge < -0.3 is 4.57 Å². The van der Waals surface area contributed by atoms with Gasteiger partial charge in [-0.25, -0.2) is 8.42 Å². The summed E-state index contributed by atoms with van der Waals surface area (Å²) in [5.74, 6) is 0.958. The Morgan fingerprint density at radius 3 is 2.57 bits per heavy atom. The topological polar surface area (TPSA) is 42.3 Å². The van der Waals surface area contributed by atoms with Gasteiger partial charge in [0.05, 0.1) is 5.88 Å². The van der Waals surface area contributed by atoms with Gasteiger partial charge in [-0.1, -0.05) is 6.92 Å². The lowest BCUT2D eigenvalue weighted by molar-refractivity contribution is 0.220. The quantitative estimate of drug-likeness (QED) is 0.794. The second-order valence-corrected chi connectivity index (χ2v) is 8.69. The molecule has 2 unspecified atom stereocenters.